The highest BCUT2D eigenvalue weighted by molar-refractivity contribution is 6.09. The Kier molecular flexibility index (Phi) is 8.88. The van der Waals surface area contributed by atoms with E-state index in [0.29, 0.717) is 5.92 Å². The van der Waals surface area contributed by atoms with E-state index in [0.717, 1.165) is 23.5 Å². The van der Waals surface area contributed by atoms with Crippen molar-refractivity contribution in [1.29, 1.82) is 0 Å². The Morgan fingerprint density at radius 3 is 2.07 bits per heavy atom. The molecule has 3 aliphatic rings. The van der Waals surface area contributed by atoms with Crippen LogP contribution in [0, 0.1) is 19.3 Å². The molecule has 0 aliphatic heterocycles. The van der Waals surface area contributed by atoms with Gasteiger partial charge in [0.1, 0.15) is 0 Å². The lowest BCUT2D eigenvalue weighted by Crippen LogP contribution is -2.21. The molecule has 7 aromatic rings. The number of hydrogen-bond donors (Lipinski definition) is 0. The maximum Gasteiger partial charge on any atom is 0.0490 e. The fraction of sp³-hybridized carbons (Fsp3) is 0.186. The third kappa shape index (κ3) is 5.74. The summed E-state index contributed by atoms with van der Waals surface area (Å²) < 4.78 is 0. The maximum atomic E-state index is 4.95. The van der Waals surface area contributed by atoms with Gasteiger partial charge in [0.25, 0.3) is 0 Å². The minimum absolute atomic E-state index is 0.201. The van der Waals surface area contributed by atoms with Crippen molar-refractivity contribution >= 4 is 27.7 Å². The number of allylic oxidation sites excluding steroid dienone is 6. The molecule has 294 valence electrons. The fourth-order valence-corrected chi connectivity index (χ4v) is 11.0. The lowest BCUT2D eigenvalue weighted by atomic mass is 9.71. The zero-order chi connectivity index (χ0) is 41.5. The molecule has 60 heavy (non-hydrogen) atoms. The number of fused-ring (bicyclic) bond motifs is 7. The summed E-state index contributed by atoms with van der Waals surface area (Å²) in [5.74, 6) is 0.313. The van der Waals surface area contributed by atoms with Crippen LogP contribution in [-0.4, -0.2) is 0 Å². The maximum absolute atomic E-state index is 4.95. The highest BCUT2D eigenvalue weighted by atomic mass is 15.1. The van der Waals surface area contributed by atoms with Crippen LogP contribution in [0.1, 0.15) is 85.9 Å². The van der Waals surface area contributed by atoms with E-state index < -0.39 is 0 Å². The van der Waals surface area contributed by atoms with Crippen LogP contribution in [0.15, 0.2) is 193 Å². The van der Waals surface area contributed by atoms with Crippen molar-refractivity contribution in [3.63, 3.8) is 0 Å². The molecule has 0 radical (unpaired) electrons. The van der Waals surface area contributed by atoms with E-state index >= 15 is 0 Å². The van der Waals surface area contributed by atoms with Crippen LogP contribution < -0.4 is 4.90 Å². The van der Waals surface area contributed by atoms with Crippen molar-refractivity contribution in [2.75, 3.05) is 4.90 Å². The van der Waals surface area contributed by atoms with E-state index in [1.54, 1.807) is 0 Å². The van der Waals surface area contributed by atoms with Crippen molar-refractivity contribution in [3.8, 4) is 22.3 Å². The first-order chi connectivity index (χ1) is 29.0. The first-order valence-corrected chi connectivity index (χ1v) is 21.6. The minimum atomic E-state index is -0.223. The molecular weight excluding hydrogens is 723 g/mol. The van der Waals surface area contributed by atoms with Crippen LogP contribution in [0.25, 0.3) is 38.6 Å². The average molecular weight is 776 g/mol. The van der Waals surface area contributed by atoms with Gasteiger partial charge in [-0.3, -0.25) is 0 Å². The predicted molar refractivity (Wildman–Crippen MR) is 256 cm³/mol. The highest BCUT2D eigenvalue weighted by Crippen LogP contribution is 2.61. The van der Waals surface area contributed by atoms with Gasteiger partial charge in [-0.25, -0.2) is 0 Å². The lowest BCUT2D eigenvalue weighted by molar-refractivity contribution is 0.526. The third-order valence-electron chi connectivity index (χ3n) is 14.0. The Labute approximate surface area is 356 Å². The molecule has 0 bridgehead atoms. The van der Waals surface area contributed by atoms with Crippen molar-refractivity contribution in [2.45, 2.75) is 66.2 Å². The number of nitrogens with zero attached hydrogens (tertiary/aromatic N) is 1. The van der Waals surface area contributed by atoms with Crippen molar-refractivity contribution in [2.24, 2.45) is 5.41 Å². The van der Waals surface area contributed by atoms with Crippen LogP contribution in [0.4, 0.5) is 11.4 Å². The number of rotatable bonds is 6. The minimum Gasteiger partial charge on any atom is -0.311 e. The topological polar surface area (TPSA) is 3.24 Å². The summed E-state index contributed by atoms with van der Waals surface area (Å²) in [6.07, 6.45) is 5.74. The van der Waals surface area contributed by atoms with Gasteiger partial charge < -0.3 is 4.90 Å². The van der Waals surface area contributed by atoms with Crippen molar-refractivity contribution < 1.29 is 0 Å². The molecule has 0 saturated carbocycles. The smallest absolute Gasteiger partial charge is 0.0490 e. The van der Waals surface area contributed by atoms with Crippen molar-refractivity contribution in [1.82, 2.24) is 0 Å². The van der Waals surface area contributed by atoms with Crippen LogP contribution >= 0.6 is 0 Å². The van der Waals surface area contributed by atoms with Gasteiger partial charge in [-0.1, -0.05) is 179 Å². The molecule has 0 aromatic heterocycles. The Bertz CT molecular complexity index is 2990. The van der Waals surface area contributed by atoms with Gasteiger partial charge in [0.2, 0.25) is 0 Å². The molecule has 3 aliphatic carbocycles. The quantitative estimate of drug-likeness (QED) is 0.163. The normalized spacial score (nSPS) is 18.4. The van der Waals surface area contributed by atoms with Crippen LogP contribution in [-0.2, 0) is 5.41 Å². The van der Waals surface area contributed by atoms with Crippen LogP contribution in [0.3, 0.4) is 0 Å². The van der Waals surface area contributed by atoms with Gasteiger partial charge in [0.15, 0.2) is 0 Å². The Hall–Kier alpha value is -6.44. The first-order valence-electron chi connectivity index (χ1n) is 21.6. The fourth-order valence-electron chi connectivity index (χ4n) is 11.0. The summed E-state index contributed by atoms with van der Waals surface area (Å²) in [6, 6.07) is 56.4. The van der Waals surface area contributed by atoms with E-state index in [1.807, 2.05) is 0 Å². The predicted octanol–water partition coefficient (Wildman–Crippen LogP) is 16.0. The van der Waals surface area contributed by atoms with Gasteiger partial charge in [0, 0.05) is 33.8 Å². The average Bonchev–Trinajstić information content (AvgIpc) is 3.62. The first kappa shape index (κ1) is 37.8. The molecule has 1 unspecified atom stereocenters. The Morgan fingerprint density at radius 1 is 0.650 bits per heavy atom. The van der Waals surface area contributed by atoms with E-state index in [1.165, 1.54) is 94.3 Å². The number of hydrogen-bond acceptors (Lipinski definition) is 1. The SMILES string of the molecule is C=C(C=C1/C(=C\C)C2=C(CC(c3ccccc3)c3ccccc32)C1(C)C)N(c1ccc2c(c1)C(C)(C)c1cc(-c3ccccc3)c3ccccc3c1-2)c1ccc(C)cc1C. The summed E-state index contributed by atoms with van der Waals surface area (Å²) in [7, 11) is 0. The molecule has 7 aromatic carbocycles. The van der Waals surface area contributed by atoms with Crippen molar-refractivity contribution in [3.05, 3.63) is 232 Å². The highest BCUT2D eigenvalue weighted by Gasteiger charge is 2.45. The molecule has 1 heteroatoms. The number of benzene rings is 7. The monoisotopic (exact) mass is 775 g/mol. The van der Waals surface area contributed by atoms with E-state index in [9.17, 15) is 0 Å². The molecular formula is C59H53N. The van der Waals surface area contributed by atoms with Crippen LogP contribution in [0.2, 0.25) is 0 Å². The van der Waals surface area contributed by atoms with Gasteiger partial charge in [-0.05, 0) is 141 Å². The second-order valence-corrected chi connectivity index (χ2v) is 18.2. The third-order valence-corrected chi connectivity index (χ3v) is 14.0. The van der Waals surface area contributed by atoms with Gasteiger partial charge in [0.05, 0.1) is 0 Å². The van der Waals surface area contributed by atoms with E-state index in [4.69, 9.17) is 6.58 Å². The summed E-state index contributed by atoms with van der Waals surface area (Å²) in [4.78, 5) is 2.41. The largest absolute Gasteiger partial charge is 0.311 e. The second-order valence-electron chi connectivity index (χ2n) is 18.2. The molecule has 0 fully saturated rings. The Morgan fingerprint density at radius 2 is 1.33 bits per heavy atom. The molecule has 0 amide bonds. The molecule has 0 saturated heterocycles. The molecule has 0 spiro atoms. The Balaban J connectivity index is 1.11. The van der Waals surface area contributed by atoms with Crippen LogP contribution in [0.5, 0.6) is 0 Å². The van der Waals surface area contributed by atoms with E-state index in [-0.39, 0.29) is 10.8 Å². The zero-order valence-electron chi connectivity index (χ0n) is 36.0. The van der Waals surface area contributed by atoms with Gasteiger partial charge in [-0.2, -0.15) is 0 Å². The molecule has 0 heterocycles. The lowest BCUT2D eigenvalue weighted by Gasteiger charge is -2.33. The van der Waals surface area contributed by atoms with E-state index in [2.05, 4.69) is 217 Å². The summed E-state index contributed by atoms with van der Waals surface area (Å²) in [5.41, 5.74) is 22.9. The second kappa shape index (κ2) is 14.1. The molecule has 0 N–H and O–H groups in total. The van der Waals surface area contributed by atoms with Gasteiger partial charge in [-0.15, -0.1) is 0 Å². The summed E-state index contributed by atoms with van der Waals surface area (Å²) in [5, 5.41) is 2.60. The summed E-state index contributed by atoms with van der Waals surface area (Å²) in [6.45, 7) is 21.2. The summed E-state index contributed by atoms with van der Waals surface area (Å²) >= 11 is 0. The molecule has 1 nitrogen and oxygen atoms in total. The zero-order valence-corrected chi connectivity index (χ0v) is 36.0. The number of aryl methyl sites for hydroxylation is 2. The number of anilines is 2. The van der Waals surface area contributed by atoms with Gasteiger partial charge >= 0.3 is 0 Å². The standard InChI is InChI=1S/C59H53N/c1-9-43-51(58(5,6)53-35-49(40-20-12-10-13-21-40)44-24-16-18-26-46(44)56(43)53)33-39(4)60(55-31-28-37(2)32-38(55)3)42-29-30-48-52(34-42)59(7,8)54-36-50(41-22-14-11-15-23-41)45-25-17-19-27-47(45)57(48)54/h9-34,36,49H,4,35H2,1-3,5-8H3/b43-9+,51-33?. The molecule has 1 atom stereocenters. The molecule has 10 rings (SSSR count).